The topological polar surface area (TPSA) is 115 Å². The maximum atomic E-state index is 12.9. The second-order valence-corrected chi connectivity index (χ2v) is 8.23. The predicted molar refractivity (Wildman–Crippen MR) is 138 cm³/mol. The van der Waals surface area contributed by atoms with Crippen LogP contribution in [0.5, 0.6) is 0 Å². The number of carbonyl (C=O) groups is 3. The molecule has 4 aromatic rings. The molecule has 0 saturated heterocycles. The SMILES string of the molecule is CCc1c(C(=O)OCC(=O)Nc2ccccc2C(=O)N[C@H](C)c2ccccc2)cnn1-c1ccccn1. The minimum atomic E-state index is -0.670. The Hall–Kier alpha value is -4.79. The molecule has 0 aliphatic rings. The van der Waals surface area contributed by atoms with Crippen LogP contribution < -0.4 is 10.6 Å². The number of ether oxygens (including phenoxy) is 1. The van der Waals surface area contributed by atoms with E-state index in [-0.39, 0.29) is 17.5 Å². The maximum Gasteiger partial charge on any atom is 0.342 e. The van der Waals surface area contributed by atoms with Crippen molar-refractivity contribution in [3.05, 3.63) is 108 Å². The number of para-hydroxylation sites is 1. The van der Waals surface area contributed by atoms with E-state index in [0.717, 1.165) is 5.56 Å². The largest absolute Gasteiger partial charge is 0.452 e. The molecule has 0 unspecified atom stereocenters. The van der Waals surface area contributed by atoms with E-state index < -0.39 is 18.5 Å². The fraction of sp³-hybridized carbons (Fsp3) is 0.179. The molecule has 0 radical (unpaired) electrons. The van der Waals surface area contributed by atoms with E-state index in [9.17, 15) is 14.4 Å². The Bertz CT molecular complexity index is 1390. The van der Waals surface area contributed by atoms with Crippen LogP contribution in [0.1, 0.15) is 51.9 Å². The summed E-state index contributed by atoms with van der Waals surface area (Å²) in [5.74, 6) is -0.997. The lowest BCUT2D eigenvalue weighted by atomic mass is 10.1. The quantitative estimate of drug-likeness (QED) is 0.336. The molecule has 0 spiro atoms. The van der Waals surface area contributed by atoms with E-state index >= 15 is 0 Å². The fourth-order valence-electron chi connectivity index (χ4n) is 3.85. The van der Waals surface area contributed by atoms with Crippen molar-refractivity contribution in [3.63, 3.8) is 0 Å². The van der Waals surface area contributed by atoms with E-state index in [4.69, 9.17) is 4.74 Å². The fourth-order valence-corrected chi connectivity index (χ4v) is 3.85. The second kappa shape index (κ2) is 11.8. The molecule has 2 aromatic heterocycles. The number of aromatic nitrogens is 3. The van der Waals surface area contributed by atoms with Crippen molar-refractivity contribution in [2.45, 2.75) is 26.3 Å². The van der Waals surface area contributed by atoms with Crippen molar-refractivity contribution in [2.24, 2.45) is 0 Å². The number of amides is 2. The lowest BCUT2D eigenvalue weighted by Gasteiger charge is -2.16. The third-order valence-corrected chi connectivity index (χ3v) is 5.72. The van der Waals surface area contributed by atoms with Crippen molar-refractivity contribution in [3.8, 4) is 5.82 Å². The summed E-state index contributed by atoms with van der Waals surface area (Å²) >= 11 is 0. The van der Waals surface area contributed by atoms with Gasteiger partial charge in [-0.05, 0) is 43.2 Å². The summed E-state index contributed by atoms with van der Waals surface area (Å²) < 4.78 is 6.82. The summed E-state index contributed by atoms with van der Waals surface area (Å²) in [4.78, 5) is 42.5. The zero-order valence-corrected chi connectivity index (χ0v) is 20.5. The van der Waals surface area contributed by atoms with Gasteiger partial charge in [-0.3, -0.25) is 9.59 Å². The van der Waals surface area contributed by atoms with E-state index in [0.29, 0.717) is 29.2 Å². The van der Waals surface area contributed by atoms with Crippen LogP contribution in [0.3, 0.4) is 0 Å². The normalized spacial score (nSPS) is 11.4. The summed E-state index contributed by atoms with van der Waals surface area (Å²) in [6.45, 7) is 3.25. The van der Waals surface area contributed by atoms with Crippen LogP contribution in [0.4, 0.5) is 5.69 Å². The Morgan fingerprint density at radius 1 is 0.946 bits per heavy atom. The van der Waals surface area contributed by atoms with Crippen LogP contribution in [0.25, 0.3) is 5.82 Å². The summed E-state index contributed by atoms with van der Waals surface area (Å²) in [5, 5.41) is 9.86. The van der Waals surface area contributed by atoms with Gasteiger partial charge < -0.3 is 15.4 Å². The number of esters is 1. The molecule has 37 heavy (non-hydrogen) atoms. The summed E-state index contributed by atoms with van der Waals surface area (Å²) in [6, 6.07) is 21.4. The third-order valence-electron chi connectivity index (χ3n) is 5.72. The number of nitrogens with zero attached hydrogens (tertiary/aromatic N) is 3. The average molecular weight is 498 g/mol. The minimum Gasteiger partial charge on any atom is -0.452 e. The molecule has 0 bridgehead atoms. The number of carbonyl (C=O) groups excluding carboxylic acids is 3. The number of rotatable bonds is 9. The molecular weight excluding hydrogens is 470 g/mol. The van der Waals surface area contributed by atoms with Gasteiger partial charge in [0.05, 0.1) is 29.2 Å². The molecule has 2 heterocycles. The van der Waals surface area contributed by atoms with Gasteiger partial charge >= 0.3 is 5.97 Å². The van der Waals surface area contributed by atoms with Crippen LogP contribution >= 0.6 is 0 Å². The van der Waals surface area contributed by atoms with Crippen LogP contribution in [-0.4, -0.2) is 39.2 Å². The highest BCUT2D eigenvalue weighted by atomic mass is 16.5. The van der Waals surface area contributed by atoms with E-state index in [1.807, 2.05) is 50.2 Å². The Balaban J connectivity index is 1.39. The predicted octanol–water partition coefficient (Wildman–Crippen LogP) is 4.12. The molecule has 4 rings (SSSR count). The lowest BCUT2D eigenvalue weighted by Crippen LogP contribution is -2.28. The van der Waals surface area contributed by atoms with Crippen LogP contribution in [0.2, 0.25) is 0 Å². The number of benzene rings is 2. The molecule has 2 aromatic carbocycles. The van der Waals surface area contributed by atoms with Crippen LogP contribution in [0, 0.1) is 0 Å². The Morgan fingerprint density at radius 2 is 1.68 bits per heavy atom. The molecule has 2 N–H and O–H groups in total. The highest BCUT2D eigenvalue weighted by Crippen LogP contribution is 2.19. The maximum absolute atomic E-state index is 12.9. The Morgan fingerprint density at radius 3 is 2.41 bits per heavy atom. The van der Waals surface area contributed by atoms with Crippen molar-refractivity contribution in [1.29, 1.82) is 0 Å². The zero-order chi connectivity index (χ0) is 26.2. The van der Waals surface area contributed by atoms with Crippen molar-refractivity contribution >= 4 is 23.5 Å². The molecule has 0 saturated carbocycles. The van der Waals surface area contributed by atoms with Gasteiger partial charge in [-0.15, -0.1) is 0 Å². The molecule has 9 heteroatoms. The first-order valence-electron chi connectivity index (χ1n) is 11.9. The monoisotopic (exact) mass is 497 g/mol. The number of pyridine rings is 1. The standard InChI is InChI=1S/C28H27N5O4/c1-3-24-22(17-30-33(24)25-15-9-10-16-29-25)28(36)37-18-26(34)32-23-14-8-7-13-21(23)27(35)31-19(2)20-11-5-4-6-12-20/h4-17,19H,3,18H2,1-2H3,(H,31,35)(H,32,34)/t19-/m1/s1. The Kier molecular flexibility index (Phi) is 8.05. The van der Waals surface area contributed by atoms with Gasteiger partial charge in [0.2, 0.25) is 0 Å². The van der Waals surface area contributed by atoms with Crippen LogP contribution in [0.15, 0.2) is 85.2 Å². The van der Waals surface area contributed by atoms with E-state index in [1.54, 1.807) is 47.3 Å². The van der Waals surface area contributed by atoms with Crippen LogP contribution in [-0.2, 0) is 16.0 Å². The van der Waals surface area contributed by atoms with Gasteiger partial charge in [0.15, 0.2) is 12.4 Å². The summed E-state index contributed by atoms with van der Waals surface area (Å²) in [5.41, 5.74) is 2.46. The number of hydrogen-bond donors (Lipinski definition) is 2. The smallest absolute Gasteiger partial charge is 0.342 e. The molecule has 9 nitrogen and oxygen atoms in total. The molecule has 0 aliphatic heterocycles. The van der Waals surface area contributed by atoms with E-state index in [2.05, 4.69) is 20.7 Å². The van der Waals surface area contributed by atoms with Gasteiger partial charge in [0.1, 0.15) is 5.56 Å². The molecule has 0 aliphatic carbocycles. The second-order valence-electron chi connectivity index (χ2n) is 8.23. The molecule has 0 fully saturated rings. The average Bonchev–Trinajstić information content (AvgIpc) is 3.37. The zero-order valence-electron chi connectivity index (χ0n) is 20.5. The lowest BCUT2D eigenvalue weighted by molar-refractivity contribution is -0.119. The van der Waals surface area contributed by atoms with Gasteiger partial charge in [0, 0.05) is 6.20 Å². The highest BCUT2D eigenvalue weighted by molar-refractivity contribution is 6.04. The first-order chi connectivity index (χ1) is 18.0. The molecule has 1 atom stereocenters. The minimum absolute atomic E-state index is 0.224. The highest BCUT2D eigenvalue weighted by Gasteiger charge is 2.21. The van der Waals surface area contributed by atoms with Crippen molar-refractivity contribution < 1.29 is 19.1 Å². The van der Waals surface area contributed by atoms with Crippen molar-refractivity contribution in [1.82, 2.24) is 20.1 Å². The number of nitrogens with one attached hydrogen (secondary N) is 2. The number of anilines is 1. The van der Waals surface area contributed by atoms with Gasteiger partial charge in [-0.25, -0.2) is 14.5 Å². The first-order valence-corrected chi connectivity index (χ1v) is 11.9. The summed E-state index contributed by atoms with van der Waals surface area (Å²) in [6.07, 6.45) is 3.55. The third kappa shape index (κ3) is 6.07. The van der Waals surface area contributed by atoms with E-state index in [1.165, 1.54) is 6.20 Å². The first kappa shape index (κ1) is 25.3. The summed E-state index contributed by atoms with van der Waals surface area (Å²) in [7, 11) is 0. The molecule has 2 amide bonds. The molecule has 188 valence electrons. The van der Waals surface area contributed by atoms with Crippen molar-refractivity contribution in [2.75, 3.05) is 11.9 Å². The Labute approximate surface area is 214 Å². The molecular formula is C28H27N5O4. The van der Waals surface area contributed by atoms with Gasteiger partial charge in [-0.2, -0.15) is 5.10 Å². The number of hydrogen-bond acceptors (Lipinski definition) is 6. The van der Waals surface area contributed by atoms with Gasteiger partial charge in [-0.1, -0.05) is 55.5 Å². The van der Waals surface area contributed by atoms with Gasteiger partial charge in [0.25, 0.3) is 11.8 Å².